The van der Waals surface area contributed by atoms with Crippen molar-refractivity contribution in [1.82, 2.24) is 0 Å². The zero-order valence-electron chi connectivity index (χ0n) is 9.72. The van der Waals surface area contributed by atoms with E-state index in [1.54, 1.807) is 0 Å². The summed E-state index contributed by atoms with van der Waals surface area (Å²) in [7, 11) is 1.17. The second-order valence-electron chi connectivity index (χ2n) is 3.62. The molecular formula is C10H10BrClN2O5. The smallest absolute Gasteiger partial charge is 0.326 e. The summed E-state index contributed by atoms with van der Waals surface area (Å²) in [6.45, 7) is 0. The van der Waals surface area contributed by atoms with Crippen LogP contribution in [0.3, 0.4) is 0 Å². The lowest BCUT2D eigenvalue weighted by Gasteiger charge is -2.12. The van der Waals surface area contributed by atoms with E-state index in [9.17, 15) is 20.0 Å². The van der Waals surface area contributed by atoms with Gasteiger partial charge in [0.25, 0.3) is 0 Å². The Labute approximate surface area is 121 Å². The van der Waals surface area contributed by atoms with Crippen LogP contribution in [0.25, 0.3) is 0 Å². The molecule has 0 aliphatic heterocycles. The number of carbonyl (C=O) groups excluding carboxylic acids is 1. The highest BCUT2D eigenvalue weighted by atomic mass is 79.9. The highest BCUT2D eigenvalue weighted by Crippen LogP contribution is 2.42. The summed E-state index contributed by atoms with van der Waals surface area (Å²) < 4.78 is 4.40. The largest absolute Gasteiger partial charge is 0.502 e. The van der Waals surface area contributed by atoms with Crippen LogP contribution in [0, 0.1) is 10.1 Å². The van der Waals surface area contributed by atoms with E-state index in [0.717, 1.165) is 0 Å². The number of rotatable bonds is 4. The molecule has 0 saturated heterocycles. The molecule has 0 aromatic heterocycles. The molecule has 3 N–H and O–H groups in total. The fourth-order valence-corrected chi connectivity index (χ4v) is 2.12. The molecule has 0 spiro atoms. The molecule has 0 heterocycles. The zero-order valence-corrected chi connectivity index (χ0v) is 12.1. The molecule has 9 heteroatoms. The SMILES string of the molecule is COC(=O)C(N)Cc1cc(Cl)c(Br)c([N+](=O)[O-])c1O. The maximum atomic E-state index is 11.2. The highest BCUT2D eigenvalue weighted by molar-refractivity contribution is 9.10. The monoisotopic (exact) mass is 352 g/mol. The standard InChI is InChI=1S/C10H10BrClN2O5/c1-19-10(16)6(13)3-4-2-5(12)7(11)8(9(4)15)14(17)18/h2,6,15H,3,13H2,1H3. The number of carbonyl (C=O) groups is 1. The number of hydrogen-bond donors (Lipinski definition) is 2. The van der Waals surface area contributed by atoms with E-state index in [0.29, 0.717) is 0 Å². The summed E-state index contributed by atoms with van der Waals surface area (Å²) in [5, 5.41) is 20.7. The van der Waals surface area contributed by atoms with E-state index in [1.807, 2.05) is 0 Å². The van der Waals surface area contributed by atoms with E-state index in [-0.39, 0.29) is 21.5 Å². The summed E-state index contributed by atoms with van der Waals surface area (Å²) in [6.07, 6.45) is -0.133. The molecule has 0 amide bonds. The van der Waals surface area contributed by atoms with Gasteiger partial charge in [0, 0.05) is 12.0 Å². The van der Waals surface area contributed by atoms with Gasteiger partial charge < -0.3 is 15.6 Å². The third-order valence-electron chi connectivity index (χ3n) is 2.37. The van der Waals surface area contributed by atoms with Crippen molar-refractivity contribution in [2.45, 2.75) is 12.5 Å². The molecular weight excluding hydrogens is 343 g/mol. The van der Waals surface area contributed by atoms with Crippen molar-refractivity contribution < 1.29 is 19.6 Å². The maximum absolute atomic E-state index is 11.2. The first-order valence-corrected chi connectivity index (χ1v) is 6.14. The molecule has 7 nitrogen and oxygen atoms in total. The molecule has 1 aromatic rings. The number of phenols is 1. The number of nitro groups is 1. The van der Waals surface area contributed by atoms with E-state index >= 15 is 0 Å². The predicted molar refractivity (Wildman–Crippen MR) is 71.2 cm³/mol. The first kappa shape index (κ1) is 15.7. The molecule has 0 aliphatic rings. The van der Waals surface area contributed by atoms with Crippen LogP contribution >= 0.6 is 27.5 Å². The average Bonchev–Trinajstić information content (AvgIpc) is 2.34. The van der Waals surface area contributed by atoms with Gasteiger partial charge in [0.15, 0.2) is 5.75 Å². The van der Waals surface area contributed by atoms with Gasteiger partial charge in [0.2, 0.25) is 0 Å². The number of ether oxygens (including phenoxy) is 1. The lowest BCUT2D eigenvalue weighted by molar-refractivity contribution is -0.386. The van der Waals surface area contributed by atoms with Crippen molar-refractivity contribution in [3.63, 3.8) is 0 Å². The zero-order chi connectivity index (χ0) is 14.7. The number of aromatic hydroxyl groups is 1. The summed E-state index contributed by atoms with van der Waals surface area (Å²) in [6, 6.07) is 0.254. The van der Waals surface area contributed by atoms with Gasteiger partial charge in [-0.05, 0) is 22.0 Å². The van der Waals surface area contributed by atoms with Crippen LogP contribution in [0.5, 0.6) is 5.75 Å². The summed E-state index contributed by atoms with van der Waals surface area (Å²) in [5.41, 5.74) is 5.06. The third kappa shape index (κ3) is 3.34. The Morgan fingerprint density at radius 1 is 1.74 bits per heavy atom. The molecule has 0 aliphatic carbocycles. The minimum atomic E-state index is -1.05. The molecule has 1 atom stereocenters. The molecule has 19 heavy (non-hydrogen) atoms. The number of nitro benzene ring substituents is 1. The van der Waals surface area contributed by atoms with Gasteiger partial charge in [-0.2, -0.15) is 0 Å². The van der Waals surface area contributed by atoms with Crippen LogP contribution < -0.4 is 5.73 Å². The fourth-order valence-electron chi connectivity index (χ4n) is 1.45. The van der Waals surface area contributed by atoms with Gasteiger partial charge in [-0.3, -0.25) is 14.9 Å². The van der Waals surface area contributed by atoms with Crippen LogP contribution in [-0.4, -0.2) is 29.2 Å². The highest BCUT2D eigenvalue weighted by Gasteiger charge is 2.26. The van der Waals surface area contributed by atoms with Crippen molar-refractivity contribution in [2.75, 3.05) is 7.11 Å². The van der Waals surface area contributed by atoms with Crippen molar-refractivity contribution in [2.24, 2.45) is 5.73 Å². The Bertz CT molecular complexity index is 537. The molecule has 0 radical (unpaired) electrons. The van der Waals surface area contributed by atoms with Crippen molar-refractivity contribution in [3.8, 4) is 5.75 Å². The topological polar surface area (TPSA) is 116 Å². The molecule has 1 aromatic carbocycles. The van der Waals surface area contributed by atoms with Gasteiger partial charge in [-0.25, -0.2) is 0 Å². The third-order valence-corrected chi connectivity index (χ3v) is 3.70. The van der Waals surface area contributed by atoms with E-state index < -0.39 is 28.4 Å². The van der Waals surface area contributed by atoms with E-state index in [4.69, 9.17) is 17.3 Å². The minimum absolute atomic E-state index is 0.0351. The van der Waals surface area contributed by atoms with Gasteiger partial charge in [-0.1, -0.05) is 11.6 Å². The second-order valence-corrected chi connectivity index (χ2v) is 4.82. The quantitative estimate of drug-likeness (QED) is 0.484. The number of nitrogens with two attached hydrogens (primary N) is 1. The Kier molecular flexibility index (Phi) is 5.10. The number of halogens is 2. The van der Waals surface area contributed by atoms with Gasteiger partial charge in [0.1, 0.15) is 10.5 Å². The number of esters is 1. The van der Waals surface area contributed by atoms with Crippen molar-refractivity contribution >= 4 is 39.2 Å². The second kappa shape index (κ2) is 6.18. The number of nitrogens with zero attached hydrogens (tertiary/aromatic N) is 1. The van der Waals surface area contributed by atoms with Gasteiger partial charge in [0.05, 0.1) is 17.1 Å². The fraction of sp³-hybridized carbons (Fsp3) is 0.300. The Balaban J connectivity index is 3.23. The summed E-state index contributed by atoms with van der Waals surface area (Å²) >= 11 is 8.73. The molecule has 0 saturated carbocycles. The Morgan fingerprint density at radius 3 is 2.79 bits per heavy atom. The first-order chi connectivity index (χ1) is 8.79. The number of benzene rings is 1. The maximum Gasteiger partial charge on any atom is 0.326 e. The molecule has 1 unspecified atom stereocenters. The van der Waals surface area contributed by atoms with Crippen LogP contribution in [-0.2, 0) is 16.0 Å². The minimum Gasteiger partial charge on any atom is -0.502 e. The van der Waals surface area contributed by atoms with E-state index in [2.05, 4.69) is 20.7 Å². The lowest BCUT2D eigenvalue weighted by Crippen LogP contribution is -2.33. The first-order valence-electron chi connectivity index (χ1n) is 4.97. The van der Waals surface area contributed by atoms with Gasteiger partial charge >= 0.3 is 11.7 Å². The van der Waals surface area contributed by atoms with Crippen LogP contribution in [0.15, 0.2) is 10.5 Å². The summed E-state index contributed by atoms with van der Waals surface area (Å²) in [5.74, 6) is -1.28. The molecule has 104 valence electrons. The summed E-state index contributed by atoms with van der Waals surface area (Å²) in [4.78, 5) is 21.3. The van der Waals surface area contributed by atoms with Gasteiger partial charge in [-0.15, -0.1) is 0 Å². The van der Waals surface area contributed by atoms with E-state index in [1.165, 1.54) is 13.2 Å². The van der Waals surface area contributed by atoms with Crippen molar-refractivity contribution in [1.29, 1.82) is 0 Å². The normalized spacial score (nSPS) is 12.0. The predicted octanol–water partition coefficient (Wildman–Crippen LogP) is 1.76. The molecule has 1 rings (SSSR count). The Morgan fingerprint density at radius 2 is 2.32 bits per heavy atom. The van der Waals surface area contributed by atoms with Crippen LogP contribution in [0.1, 0.15) is 5.56 Å². The molecule has 0 bridgehead atoms. The number of methoxy groups -OCH3 is 1. The van der Waals surface area contributed by atoms with Crippen molar-refractivity contribution in [3.05, 3.63) is 31.2 Å². The number of hydrogen-bond acceptors (Lipinski definition) is 6. The van der Waals surface area contributed by atoms with Crippen LogP contribution in [0.2, 0.25) is 5.02 Å². The van der Waals surface area contributed by atoms with Crippen LogP contribution in [0.4, 0.5) is 5.69 Å². The molecule has 0 fully saturated rings. The Hall–Kier alpha value is -1.38. The average molecular weight is 354 g/mol. The lowest BCUT2D eigenvalue weighted by atomic mass is 10.0. The number of phenolic OH excluding ortho intramolecular Hbond substituents is 1.